The average Bonchev–Trinajstić information content (AvgIpc) is 2.36. The van der Waals surface area contributed by atoms with E-state index in [9.17, 15) is 4.39 Å². The van der Waals surface area contributed by atoms with Crippen LogP contribution in [0.1, 0.15) is 19.8 Å². The van der Waals surface area contributed by atoms with Crippen LogP contribution in [0.3, 0.4) is 0 Å². The maximum Gasteiger partial charge on any atom is 0.0897 e. The molecule has 1 aliphatic rings. The second-order valence-electron chi connectivity index (χ2n) is 3.06. The van der Waals surface area contributed by atoms with Gasteiger partial charge in [0, 0.05) is 0 Å². The summed E-state index contributed by atoms with van der Waals surface area (Å²) >= 11 is 0. The van der Waals surface area contributed by atoms with Crippen molar-refractivity contribution in [1.82, 2.24) is 5.32 Å². The molecule has 1 heterocycles. The number of hydrogen-bond donors (Lipinski definition) is 1. The molecule has 2 heteroatoms. The zero-order valence-corrected chi connectivity index (χ0v) is 6.57. The summed E-state index contributed by atoms with van der Waals surface area (Å²) in [7, 11) is 0. The van der Waals surface area contributed by atoms with Crippen LogP contribution in [0.15, 0.2) is 0 Å². The molecular formula is C8H16FN. The van der Waals surface area contributed by atoms with E-state index in [0.29, 0.717) is 5.92 Å². The summed E-state index contributed by atoms with van der Waals surface area (Å²) in [5.74, 6) is 1.34. The van der Waals surface area contributed by atoms with Gasteiger partial charge in [-0.05, 0) is 31.3 Å². The van der Waals surface area contributed by atoms with Gasteiger partial charge < -0.3 is 5.32 Å². The van der Waals surface area contributed by atoms with Crippen molar-refractivity contribution in [3.8, 4) is 0 Å². The highest BCUT2D eigenvalue weighted by Crippen LogP contribution is 2.22. The normalized spacial score (nSPS) is 33.0. The van der Waals surface area contributed by atoms with Crippen molar-refractivity contribution < 1.29 is 4.39 Å². The Hall–Kier alpha value is -0.110. The zero-order valence-electron chi connectivity index (χ0n) is 6.57. The van der Waals surface area contributed by atoms with Crippen LogP contribution in [0.5, 0.6) is 0 Å². The lowest BCUT2D eigenvalue weighted by atomic mass is 9.91. The highest BCUT2D eigenvalue weighted by molar-refractivity contribution is 4.79. The maximum absolute atomic E-state index is 11.9. The molecule has 10 heavy (non-hydrogen) atoms. The molecule has 0 aliphatic carbocycles. The second-order valence-corrected chi connectivity index (χ2v) is 3.06. The summed E-state index contributed by atoms with van der Waals surface area (Å²) in [6.07, 6.45) is 1.95. The van der Waals surface area contributed by atoms with Crippen LogP contribution in [-0.2, 0) is 0 Å². The molecule has 2 atom stereocenters. The average molecular weight is 145 g/mol. The van der Waals surface area contributed by atoms with Gasteiger partial charge in [-0.1, -0.05) is 13.3 Å². The Labute approximate surface area is 62.0 Å². The van der Waals surface area contributed by atoms with Gasteiger partial charge in [0.25, 0.3) is 0 Å². The first-order valence-electron chi connectivity index (χ1n) is 4.15. The van der Waals surface area contributed by atoms with Gasteiger partial charge in [0.05, 0.1) is 6.67 Å². The minimum atomic E-state index is -0.150. The smallest absolute Gasteiger partial charge is 0.0897 e. The van der Waals surface area contributed by atoms with E-state index in [1.807, 2.05) is 0 Å². The van der Waals surface area contributed by atoms with E-state index >= 15 is 0 Å². The van der Waals surface area contributed by atoms with E-state index in [0.717, 1.165) is 25.4 Å². The minimum Gasteiger partial charge on any atom is -0.316 e. The summed E-state index contributed by atoms with van der Waals surface area (Å²) in [6, 6.07) is 0. The fourth-order valence-corrected chi connectivity index (χ4v) is 1.74. The number of alkyl halides is 1. The van der Waals surface area contributed by atoms with Gasteiger partial charge in [-0.2, -0.15) is 0 Å². The lowest BCUT2D eigenvalue weighted by molar-refractivity contribution is 0.334. The van der Waals surface area contributed by atoms with Crippen LogP contribution < -0.4 is 5.32 Å². The molecule has 0 aromatic heterocycles. The molecule has 0 radical (unpaired) electrons. The Morgan fingerprint density at radius 2 is 2.10 bits per heavy atom. The molecule has 0 spiro atoms. The van der Waals surface area contributed by atoms with Crippen molar-refractivity contribution in [2.45, 2.75) is 19.8 Å². The SMILES string of the molecule is CCC1CNC[C@@H]1CCF. The summed E-state index contributed by atoms with van der Waals surface area (Å²) < 4.78 is 11.9. The Morgan fingerprint density at radius 3 is 2.70 bits per heavy atom. The van der Waals surface area contributed by atoms with Crippen LogP contribution in [0, 0.1) is 11.8 Å². The van der Waals surface area contributed by atoms with Gasteiger partial charge >= 0.3 is 0 Å². The van der Waals surface area contributed by atoms with E-state index in [4.69, 9.17) is 0 Å². The fraction of sp³-hybridized carbons (Fsp3) is 1.00. The highest BCUT2D eigenvalue weighted by Gasteiger charge is 2.24. The third-order valence-corrected chi connectivity index (χ3v) is 2.48. The van der Waals surface area contributed by atoms with Gasteiger partial charge in [0.15, 0.2) is 0 Å². The van der Waals surface area contributed by atoms with Gasteiger partial charge in [0.2, 0.25) is 0 Å². The molecule has 0 bridgehead atoms. The van der Waals surface area contributed by atoms with Gasteiger partial charge in [-0.15, -0.1) is 0 Å². The Kier molecular flexibility index (Phi) is 3.13. The van der Waals surface area contributed by atoms with Crippen molar-refractivity contribution in [3.05, 3.63) is 0 Å². The van der Waals surface area contributed by atoms with Gasteiger partial charge in [0.1, 0.15) is 0 Å². The molecule has 1 aliphatic heterocycles. The summed E-state index contributed by atoms with van der Waals surface area (Å²) in [5, 5.41) is 3.29. The number of rotatable bonds is 3. The summed E-state index contributed by atoms with van der Waals surface area (Å²) in [4.78, 5) is 0. The van der Waals surface area contributed by atoms with Crippen molar-refractivity contribution in [2.75, 3.05) is 19.8 Å². The van der Waals surface area contributed by atoms with Crippen molar-refractivity contribution in [1.29, 1.82) is 0 Å². The maximum atomic E-state index is 11.9. The van der Waals surface area contributed by atoms with Crippen LogP contribution >= 0.6 is 0 Å². The molecule has 0 amide bonds. The number of hydrogen-bond acceptors (Lipinski definition) is 1. The summed E-state index contributed by atoms with van der Waals surface area (Å²) in [5.41, 5.74) is 0. The van der Waals surface area contributed by atoms with Crippen molar-refractivity contribution in [2.24, 2.45) is 11.8 Å². The molecule has 60 valence electrons. The first-order chi connectivity index (χ1) is 4.88. The van der Waals surface area contributed by atoms with Crippen molar-refractivity contribution >= 4 is 0 Å². The van der Waals surface area contributed by atoms with E-state index in [1.165, 1.54) is 6.42 Å². The zero-order chi connectivity index (χ0) is 7.40. The first kappa shape index (κ1) is 7.99. The minimum absolute atomic E-state index is 0.150. The topological polar surface area (TPSA) is 12.0 Å². The third-order valence-electron chi connectivity index (χ3n) is 2.48. The lowest BCUT2D eigenvalue weighted by Gasteiger charge is -2.13. The Balaban J connectivity index is 2.27. The number of halogens is 1. The molecule has 0 saturated carbocycles. The molecule has 1 rings (SSSR count). The largest absolute Gasteiger partial charge is 0.316 e. The monoisotopic (exact) mass is 145 g/mol. The lowest BCUT2D eigenvalue weighted by Crippen LogP contribution is -2.11. The van der Waals surface area contributed by atoms with Crippen molar-refractivity contribution in [3.63, 3.8) is 0 Å². The van der Waals surface area contributed by atoms with Crippen LogP contribution in [-0.4, -0.2) is 19.8 Å². The molecule has 0 aromatic carbocycles. The Morgan fingerprint density at radius 1 is 1.40 bits per heavy atom. The predicted molar refractivity (Wildman–Crippen MR) is 40.7 cm³/mol. The number of nitrogens with one attached hydrogen (secondary N) is 1. The first-order valence-corrected chi connectivity index (χ1v) is 4.15. The second kappa shape index (κ2) is 3.91. The fourth-order valence-electron chi connectivity index (χ4n) is 1.74. The molecule has 1 unspecified atom stereocenters. The van der Waals surface area contributed by atoms with Gasteiger partial charge in [-0.25, -0.2) is 0 Å². The quantitative estimate of drug-likeness (QED) is 0.636. The highest BCUT2D eigenvalue weighted by atomic mass is 19.1. The third kappa shape index (κ3) is 1.69. The summed E-state index contributed by atoms with van der Waals surface area (Å²) in [6.45, 7) is 4.16. The van der Waals surface area contributed by atoms with E-state index in [1.54, 1.807) is 0 Å². The molecule has 1 N–H and O–H groups in total. The van der Waals surface area contributed by atoms with Crippen LogP contribution in [0.25, 0.3) is 0 Å². The van der Waals surface area contributed by atoms with E-state index < -0.39 is 0 Å². The van der Waals surface area contributed by atoms with E-state index in [2.05, 4.69) is 12.2 Å². The van der Waals surface area contributed by atoms with Crippen LogP contribution in [0.2, 0.25) is 0 Å². The molecule has 1 nitrogen and oxygen atoms in total. The Bertz CT molecular complexity index is 95.3. The van der Waals surface area contributed by atoms with Crippen LogP contribution in [0.4, 0.5) is 4.39 Å². The van der Waals surface area contributed by atoms with Gasteiger partial charge in [-0.3, -0.25) is 4.39 Å². The van der Waals surface area contributed by atoms with E-state index in [-0.39, 0.29) is 6.67 Å². The molecule has 1 saturated heterocycles. The molecular weight excluding hydrogens is 129 g/mol. The standard InChI is InChI=1S/C8H16FN/c1-2-7-5-10-6-8(7)3-4-9/h7-8,10H,2-6H2,1H3/t7?,8-/m0/s1. The molecule has 0 aromatic rings. The predicted octanol–water partition coefficient (Wildman–Crippen LogP) is 1.59. The molecule has 1 fully saturated rings.